The van der Waals surface area contributed by atoms with Crippen molar-refractivity contribution in [3.05, 3.63) is 41.6 Å². The molecule has 5 nitrogen and oxygen atoms in total. The minimum atomic E-state index is 0.224. The Bertz CT molecular complexity index is 763. The zero-order chi connectivity index (χ0) is 18.4. The molecule has 0 saturated heterocycles. The second kappa shape index (κ2) is 8.50. The molecule has 2 aromatic rings. The van der Waals surface area contributed by atoms with Crippen molar-refractivity contribution in [2.24, 2.45) is 0 Å². The molecule has 0 aliphatic carbocycles. The Labute approximate surface area is 150 Å². The molecule has 5 heteroatoms. The molecule has 0 aliphatic heterocycles. The van der Waals surface area contributed by atoms with Gasteiger partial charge in [-0.05, 0) is 38.6 Å². The van der Waals surface area contributed by atoms with Crippen molar-refractivity contribution in [2.75, 3.05) is 33.0 Å². The van der Waals surface area contributed by atoms with Crippen molar-refractivity contribution >= 4 is 5.82 Å². The van der Waals surface area contributed by atoms with Crippen LogP contribution in [0, 0.1) is 11.3 Å². The van der Waals surface area contributed by atoms with Crippen LogP contribution in [0.3, 0.4) is 0 Å². The largest absolute Gasteiger partial charge is 0.493 e. The molecule has 1 aromatic carbocycles. The molecule has 0 aliphatic rings. The SMILES string of the molecule is CC(C)c1cc(-c2ccccc2OCCCN(C)C)c(C#N)c(N)n1. The van der Waals surface area contributed by atoms with E-state index in [0.29, 0.717) is 12.2 Å². The number of hydrogen-bond donors (Lipinski definition) is 1. The monoisotopic (exact) mass is 338 g/mol. The van der Waals surface area contributed by atoms with Crippen molar-refractivity contribution in [1.29, 1.82) is 5.26 Å². The molecule has 1 aromatic heterocycles. The molecule has 1 heterocycles. The molecule has 0 saturated carbocycles. The number of pyridine rings is 1. The summed E-state index contributed by atoms with van der Waals surface area (Å²) in [6, 6.07) is 11.9. The molecule has 2 N–H and O–H groups in total. The number of anilines is 1. The average Bonchev–Trinajstić information content (AvgIpc) is 2.58. The quantitative estimate of drug-likeness (QED) is 0.780. The summed E-state index contributed by atoms with van der Waals surface area (Å²) in [6.45, 7) is 5.70. The third-order valence-electron chi connectivity index (χ3n) is 3.96. The first-order valence-corrected chi connectivity index (χ1v) is 8.51. The summed E-state index contributed by atoms with van der Waals surface area (Å²) in [6.07, 6.45) is 0.933. The van der Waals surface area contributed by atoms with Crippen molar-refractivity contribution in [2.45, 2.75) is 26.2 Å². The molecule has 132 valence electrons. The van der Waals surface area contributed by atoms with Crippen molar-refractivity contribution in [3.63, 3.8) is 0 Å². The van der Waals surface area contributed by atoms with E-state index in [2.05, 4.69) is 29.8 Å². The lowest BCUT2D eigenvalue weighted by atomic mass is 9.97. The Balaban J connectivity index is 2.40. The predicted octanol–water partition coefficient (Wildman–Crippen LogP) is 3.66. The fraction of sp³-hybridized carbons (Fsp3) is 0.400. The number of rotatable bonds is 7. The highest BCUT2D eigenvalue weighted by molar-refractivity contribution is 5.79. The van der Waals surface area contributed by atoms with Gasteiger partial charge in [-0.1, -0.05) is 32.0 Å². The molecule has 2 rings (SSSR count). The Morgan fingerprint density at radius 3 is 2.60 bits per heavy atom. The normalized spacial score (nSPS) is 10.9. The van der Waals surface area contributed by atoms with Crippen LogP contribution in [0.15, 0.2) is 30.3 Å². The maximum atomic E-state index is 9.54. The second-order valence-corrected chi connectivity index (χ2v) is 6.62. The van der Waals surface area contributed by atoms with Gasteiger partial charge in [0.1, 0.15) is 23.2 Å². The van der Waals surface area contributed by atoms with Crippen molar-refractivity contribution in [1.82, 2.24) is 9.88 Å². The van der Waals surface area contributed by atoms with E-state index >= 15 is 0 Å². The molecule has 0 atom stereocenters. The second-order valence-electron chi connectivity index (χ2n) is 6.62. The lowest BCUT2D eigenvalue weighted by Gasteiger charge is -2.16. The van der Waals surface area contributed by atoms with E-state index in [-0.39, 0.29) is 11.7 Å². The van der Waals surface area contributed by atoms with Crippen LogP contribution in [0.2, 0.25) is 0 Å². The fourth-order valence-electron chi connectivity index (χ4n) is 2.59. The number of nitrogens with zero attached hydrogens (tertiary/aromatic N) is 3. The van der Waals surface area contributed by atoms with Crippen LogP contribution in [0.1, 0.15) is 37.4 Å². The van der Waals surface area contributed by atoms with Crippen LogP contribution in [-0.2, 0) is 0 Å². The number of aromatic nitrogens is 1. The number of benzene rings is 1. The topological polar surface area (TPSA) is 75.2 Å². The highest BCUT2D eigenvalue weighted by Gasteiger charge is 2.16. The smallest absolute Gasteiger partial charge is 0.142 e. The number of para-hydroxylation sites is 1. The van der Waals surface area contributed by atoms with Gasteiger partial charge in [-0.3, -0.25) is 0 Å². The maximum Gasteiger partial charge on any atom is 0.142 e. The number of hydrogen-bond acceptors (Lipinski definition) is 5. The van der Waals surface area contributed by atoms with Gasteiger partial charge in [-0.15, -0.1) is 0 Å². The molecular weight excluding hydrogens is 312 g/mol. The van der Waals surface area contributed by atoms with Gasteiger partial charge in [0.25, 0.3) is 0 Å². The summed E-state index contributed by atoms with van der Waals surface area (Å²) in [5, 5.41) is 9.54. The molecular formula is C20H26N4O. The summed E-state index contributed by atoms with van der Waals surface area (Å²) < 4.78 is 5.98. The zero-order valence-corrected chi connectivity index (χ0v) is 15.4. The van der Waals surface area contributed by atoms with Gasteiger partial charge in [0.15, 0.2) is 0 Å². The van der Waals surface area contributed by atoms with Crippen molar-refractivity contribution in [3.8, 4) is 22.9 Å². The molecule has 0 amide bonds. The van der Waals surface area contributed by atoms with Gasteiger partial charge in [0.05, 0.1) is 6.61 Å². The van der Waals surface area contributed by atoms with E-state index in [1.807, 2.05) is 44.4 Å². The fourth-order valence-corrected chi connectivity index (χ4v) is 2.59. The van der Waals surface area contributed by atoms with Gasteiger partial charge < -0.3 is 15.4 Å². The summed E-state index contributed by atoms with van der Waals surface area (Å²) in [5.41, 5.74) is 8.95. The number of nitriles is 1. The highest BCUT2D eigenvalue weighted by atomic mass is 16.5. The van der Waals surface area contributed by atoms with Crippen LogP contribution in [0.4, 0.5) is 5.82 Å². The molecule has 0 unspecified atom stereocenters. The van der Waals surface area contributed by atoms with E-state index in [9.17, 15) is 5.26 Å². The van der Waals surface area contributed by atoms with Gasteiger partial charge in [0, 0.05) is 23.4 Å². The number of nitrogens with two attached hydrogens (primary N) is 1. The van der Waals surface area contributed by atoms with E-state index in [1.54, 1.807) is 0 Å². The van der Waals surface area contributed by atoms with Crippen LogP contribution < -0.4 is 10.5 Å². The first-order valence-electron chi connectivity index (χ1n) is 8.51. The summed E-state index contributed by atoms with van der Waals surface area (Å²) >= 11 is 0. The van der Waals surface area contributed by atoms with Crippen LogP contribution in [-0.4, -0.2) is 37.1 Å². The maximum absolute atomic E-state index is 9.54. The number of nitrogen functional groups attached to an aromatic ring is 1. The Hall–Kier alpha value is -2.58. The van der Waals surface area contributed by atoms with Gasteiger partial charge in [0.2, 0.25) is 0 Å². The van der Waals surface area contributed by atoms with E-state index in [0.717, 1.165) is 35.5 Å². The third-order valence-corrected chi connectivity index (χ3v) is 3.96. The molecule has 0 bridgehead atoms. The van der Waals surface area contributed by atoms with Gasteiger partial charge in [-0.2, -0.15) is 5.26 Å². The van der Waals surface area contributed by atoms with Crippen LogP contribution >= 0.6 is 0 Å². The summed E-state index contributed by atoms with van der Waals surface area (Å²) in [7, 11) is 4.08. The zero-order valence-electron chi connectivity index (χ0n) is 15.4. The average molecular weight is 338 g/mol. The minimum absolute atomic E-state index is 0.224. The molecule has 0 fully saturated rings. The molecule has 0 spiro atoms. The van der Waals surface area contributed by atoms with Gasteiger partial charge in [-0.25, -0.2) is 4.98 Å². The first kappa shape index (κ1) is 18.8. The highest BCUT2D eigenvalue weighted by Crippen LogP contribution is 2.35. The Kier molecular flexibility index (Phi) is 6.37. The lowest BCUT2D eigenvalue weighted by Crippen LogP contribution is -2.15. The molecule has 25 heavy (non-hydrogen) atoms. The van der Waals surface area contributed by atoms with E-state index in [1.165, 1.54) is 0 Å². The van der Waals surface area contributed by atoms with E-state index < -0.39 is 0 Å². The molecule has 0 radical (unpaired) electrons. The lowest BCUT2D eigenvalue weighted by molar-refractivity contribution is 0.282. The van der Waals surface area contributed by atoms with Crippen molar-refractivity contribution < 1.29 is 4.74 Å². The number of ether oxygens (including phenoxy) is 1. The van der Waals surface area contributed by atoms with E-state index in [4.69, 9.17) is 10.5 Å². The Morgan fingerprint density at radius 2 is 1.96 bits per heavy atom. The standard InChI is InChI=1S/C20H26N4O/c1-14(2)18-12-16(17(13-21)20(22)23-18)15-8-5-6-9-19(15)25-11-7-10-24(3)4/h5-6,8-9,12,14H,7,10-11H2,1-4H3,(H2,22,23). The predicted molar refractivity (Wildman–Crippen MR) is 102 cm³/mol. The Morgan fingerprint density at radius 1 is 1.24 bits per heavy atom. The van der Waals surface area contributed by atoms with Crippen LogP contribution in [0.5, 0.6) is 5.75 Å². The van der Waals surface area contributed by atoms with Gasteiger partial charge >= 0.3 is 0 Å². The third kappa shape index (κ3) is 4.71. The first-order chi connectivity index (χ1) is 11.9. The summed E-state index contributed by atoms with van der Waals surface area (Å²) in [4.78, 5) is 6.49. The minimum Gasteiger partial charge on any atom is -0.493 e. The summed E-state index contributed by atoms with van der Waals surface area (Å²) in [5.74, 6) is 1.26. The van der Waals surface area contributed by atoms with Crippen LogP contribution in [0.25, 0.3) is 11.1 Å².